The average Bonchev–Trinajstić information content (AvgIpc) is 2.97. The number of hydrogen-bond donors (Lipinski definition) is 0. The number of aryl methyl sites for hydroxylation is 1. The molecular weight excluding hydrogens is 358 g/mol. The van der Waals surface area contributed by atoms with Gasteiger partial charge in [0.1, 0.15) is 0 Å². The van der Waals surface area contributed by atoms with Gasteiger partial charge in [-0.2, -0.15) is 0 Å². The molecule has 7 rings (SSSR count). The summed E-state index contributed by atoms with van der Waals surface area (Å²) in [5, 5.41) is 0. The molecule has 0 saturated heterocycles. The van der Waals surface area contributed by atoms with Gasteiger partial charge in [-0.1, -0.05) is 31.2 Å². The van der Waals surface area contributed by atoms with Crippen molar-refractivity contribution in [1.82, 2.24) is 0 Å². The van der Waals surface area contributed by atoms with Gasteiger partial charge in [0.2, 0.25) is 0 Å². The Labute approximate surface area is 172 Å². The third kappa shape index (κ3) is 2.43. The van der Waals surface area contributed by atoms with Crippen LogP contribution >= 0.6 is 0 Å². The minimum atomic E-state index is -0.178. The molecule has 4 saturated carbocycles. The van der Waals surface area contributed by atoms with Crippen LogP contribution in [0, 0.1) is 17.8 Å². The predicted molar refractivity (Wildman–Crippen MR) is 113 cm³/mol. The minimum absolute atomic E-state index is 0.178. The van der Waals surface area contributed by atoms with Gasteiger partial charge in [-0.25, -0.2) is 4.90 Å². The highest BCUT2D eigenvalue weighted by atomic mass is 16.2. The van der Waals surface area contributed by atoms with E-state index in [4.69, 9.17) is 0 Å². The molecule has 0 atom stereocenters. The molecular formula is C26H27NO2. The van der Waals surface area contributed by atoms with Crippen LogP contribution in [0.4, 0.5) is 5.69 Å². The fraction of sp³-hybridized carbons (Fsp3) is 0.462. The molecule has 2 amide bonds. The fourth-order valence-corrected chi connectivity index (χ4v) is 7.27. The maximum atomic E-state index is 13.1. The summed E-state index contributed by atoms with van der Waals surface area (Å²) in [5.41, 5.74) is 4.56. The van der Waals surface area contributed by atoms with Gasteiger partial charge >= 0.3 is 0 Å². The van der Waals surface area contributed by atoms with Crippen molar-refractivity contribution in [3.05, 3.63) is 64.7 Å². The van der Waals surface area contributed by atoms with Crippen molar-refractivity contribution in [3.8, 4) is 0 Å². The lowest BCUT2D eigenvalue weighted by molar-refractivity contribution is -0.00518. The van der Waals surface area contributed by atoms with Crippen LogP contribution in [0.15, 0.2) is 42.5 Å². The Bertz CT molecular complexity index is 966. The van der Waals surface area contributed by atoms with E-state index >= 15 is 0 Å². The molecule has 1 heterocycles. The second kappa shape index (κ2) is 6.04. The molecule has 1 aliphatic heterocycles. The molecule has 0 aromatic heterocycles. The van der Waals surface area contributed by atoms with Crippen molar-refractivity contribution in [2.75, 3.05) is 4.90 Å². The van der Waals surface area contributed by atoms with Crippen molar-refractivity contribution in [2.24, 2.45) is 17.8 Å². The van der Waals surface area contributed by atoms with E-state index in [1.807, 2.05) is 12.1 Å². The minimum Gasteiger partial charge on any atom is -0.268 e. The summed E-state index contributed by atoms with van der Waals surface area (Å²) >= 11 is 0. The lowest BCUT2D eigenvalue weighted by atomic mass is 9.48. The maximum Gasteiger partial charge on any atom is 0.266 e. The van der Waals surface area contributed by atoms with Crippen LogP contribution in [-0.4, -0.2) is 11.8 Å². The van der Waals surface area contributed by atoms with Gasteiger partial charge in [0.05, 0.1) is 16.8 Å². The van der Waals surface area contributed by atoms with E-state index in [0.717, 1.165) is 35.4 Å². The highest BCUT2D eigenvalue weighted by Crippen LogP contribution is 2.61. The number of fused-ring (bicyclic) bond motifs is 1. The molecule has 2 aromatic carbocycles. The largest absolute Gasteiger partial charge is 0.268 e. The summed E-state index contributed by atoms with van der Waals surface area (Å²) in [6.07, 6.45) is 8.90. The van der Waals surface area contributed by atoms with Crippen molar-refractivity contribution >= 4 is 17.5 Å². The number of anilines is 1. The average molecular weight is 386 g/mol. The van der Waals surface area contributed by atoms with Gasteiger partial charge in [-0.05, 0) is 97.4 Å². The Balaban J connectivity index is 1.45. The topological polar surface area (TPSA) is 37.4 Å². The second-order valence-corrected chi connectivity index (χ2v) is 9.89. The molecule has 0 spiro atoms. The number of carbonyl (C=O) groups excluding carboxylic acids is 2. The van der Waals surface area contributed by atoms with E-state index in [1.54, 1.807) is 12.1 Å². The normalized spacial score (nSPS) is 32.2. The van der Waals surface area contributed by atoms with Gasteiger partial charge in [0.15, 0.2) is 0 Å². The van der Waals surface area contributed by atoms with E-state index in [1.165, 1.54) is 49.0 Å². The zero-order chi connectivity index (χ0) is 19.8. The smallest absolute Gasteiger partial charge is 0.266 e. The highest BCUT2D eigenvalue weighted by molar-refractivity contribution is 6.34. The molecule has 0 unspecified atom stereocenters. The molecule has 148 valence electrons. The number of nitrogens with zero attached hydrogens (tertiary/aromatic N) is 1. The standard InChI is InChI=1S/C26H27NO2/c1-2-19-7-8-20(26-13-16-9-17(14-26)11-18(10-16)15-26)12-23(19)27-24(28)21-5-3-4-6-22(21)25(27)29/h3-8,12,16-18H,2,9-11,13-15H2,1H3. The number of imide groups is 1. The Morgan fingerprint density at radius 2 is 1.41 bits per heavy atom. The van der Waals surface area contributed by atoms with E-state index < -0.39 is 0 Å². The molecule has 4 bridgehead atoms. The first kappa shape index (κ1) is 17.4. The number of hydrogen-bond acceptors (Lipinski definition) is 2. The van der Waals surface area contributed by atoms with Crippen molar-refractivity contribution < 1.29 is 9.59 Å². The zero-order valence-electron chi connectivity index (χ0n) is 17.0. The van der Waals surface area contributed by atoms with Crippen molar-refractivity contribution in [1.29, 1.82) is 0 Å². The van der Waals surface area contributed by atoms with Gasteiger partial charge in [-0.15, -0.1) is 0 Å². The monoisotopic (exact) mass is 385 g/mol. The molecule has 2 aromatic rings. The SMILES string of the molecule is CCc1ccc(C23CC4CC(CC(C4)C2)C3)cc1N1C(=O)c2ccccc2C1=O. The Hall–Kier alpha value is -2.42. The van der Waals surface area contributed by atoms with Crippen LogP contribution in [0.1, 0.15) is 77.3 Å². The molecule has 4 fully saturated rings. The zero-order valence-corrected chi connectivity index (χ0v) is 17.0. The van der Waals surface area contributed by atoms with Crippen molar-refractivity contribution in [2.45, 2.75) is 57.3 Å². The van der Waals surface area contributed by atoms with Gasteiger partial charge in [-0.3, -0.25) is 9.59 Å². The summed E-state index contributed by atoms with van der Waals surface area (Å²) < 4.78 is 0. The molecule has 3 heteroatoms. The summed E-state index contributed by atoms with van der Waals surface area (Å²) in [6.45, 7) is 2.10. The Kier molecular flexibility index (Phi) is 3.63. The quantitative estimate of drug-likeness (QED) is 0.653. The Morgan fingerprint density at radius 3 is 1.93 bits per heavy atom. The first-order chi connectivity index (χ1) is 14.1. The van der Waals surface area contributed by atoms with Gasteiger partial charge in [0, 0.05) is 0 Å². The maximum absolute atomic E-state index is 13.1. The summed E-state index contributed by atoms with van der Waals surface area (Å²) in [6, 6.07) is 13.9. The van der Waals surface area contributed by atoms with E-state index in [0.29, 0.717) is 11.1 Å². The molecule has 4 aliphatic carbocycles. The summed E-state index contributed by atoms with van der Waals surface area (Å²) in [7, 11) is 0. The van der Waals surface area contributed by atoms with Gasteiger partial charge in [0.25, 0.3) is 11.8 Å². The molecule has 3 nitrogen and oxygen atoms in total. The fourth-order valence-electron chi connectivity index (χ4n) is 7.27. The third-order valence-electron chi connectivity index (χ3n) is 8.15. The van der Waals surface area contributed by atoms with Crippen LogP contribution < -0.4 is 4.90 Å². The van der Waals surface area contributed by atoms with E-state index in [9.17, 15) is 9.59 Å². The first-order valence-electron chi connectivity index (χ1n) is 11.2. The molecule has 5 aliphatic rings. The van der Waals surface area contributed by atoms with Crippen LogP contribution in [0.5, 0.6) is 0 Å². The predicted octanol–water partition coefficient (Wildman–Crippen LogP) is 5.52. The van der Waals surface area contributed by atoms with Crippen LogP contribution in [0.25, 0.3) is 0 Å². The first-order valence-corrected chi connectivity index (χ1v) is 11.2. The lowest BCUT2D eigenvalue weighted by Crippen LogP contribution is -2.48. The lowest BCUT2D eigenvalue weighted by Gasteiger charge is -2.57. The number of carbonyl (C=O) groups is 2. The Morgan fingerprint density at radius 1 is 0.862 bits per heavy atom. The van der Waals surface area contributed by atoms with Crippen molar-refractivity contribution in [3.63, 3.8) is 0 Å². The summed E-state index contributed by atoms with van der Waals surface area (Å²) in [5.74, 6) is 2.26. The third-order valence-corrected chi connectivity index (χ3v) is 8.15. The van der Waals surface area contributed by atoms with Crippen LogP contribution in [-0.2, 0) is 11.8 Å². The molecule has 0 N–H and O–H groups in total. The summed E-state index contributed by atoms with van der Waals surface area (Å²) in [4.78, 5) is 27.7. The highest BCUT2D eigenvalue weighted by Gasteiger charge is 2.51. The van der Waals surface area contributed by atoms with Gasteiger partial charge < -0.3 is 0 Å². The van der Waals surface area contributed by atoms with E-state index in [-0.39, 0.29) is 17.2 Å². The molecule has 0 radical (unpaired) electrons. The van der Waals surface area contributed by atoms with Crippen LogP contribution in [0.2, 0.25) is 0 Å². The number of amides is 2. The number of rotatable bonds is 3. The molecule has 29 heavy (non-hydrogen) atoms. The van der Waals surface area contributed by atoms with E-state index in [2.05, 4.69) is 25.1 Å². The number of benzene rings is 2. The van der Waals surface area contributed by atoms with Crippen LogP contribution in [0.3, 0.4) is 0 Å². The second-order valence-electron chi connectivity index (χ2n) is 9.89.